The van der Waals surface area contributed by atoms with Crippen molar-refractivity contribution in [2.75, 3.05) is 18.3 Å². The van der Waals surface area contributed by atoms with Crippen molar-refractivity contribution in [3.8, 4) is 11.5 Å². The zero-order valence-electron chi connectivity index (χ0n) is 21.3. The summed E-state index contributed by atoms with van der Waals surface area (Å²) in [6.45, 7) is 7.60. The molecule has 1 atom stereocenters. The topological polar surface area (TPSA) is 99.4 Å². The van der Waals surface area contributed by atoms with Crippen LogP contribution in [0.5, 0.6) is 11.5 Å². The van der Waals surface area contributed by atoms with E-state index in [1.165, 1.54) is 4.57 Å². The number of ether oxygens (including phenoxy) is 3. The lowest BCUT2D eigenvalue weighted by atomic mass is 9.95. The predicted molar refractivity (Wildman–Crippen MR) is 141 cm³/mol. The van der Waals surface area contributed by atoms with Gasteiger partial charge in [-0.3, -0.25) is 14.2 Å². The Bertz CT molecular complexity index is 1730. The van der Waals surface area contributed by atoms with Crippen LogP contribution in [-0.4, -0.2) is 35.9 Å². The predicted octanol–water partition coefficient (Wildman–Crippen LogP) is 2.65. The van der Waals surface area contributed by atoms with E-state index in [1.54, 1.807) is 36.9 Å². The third-order valence-electron chi connectivity index (χ3n) is 6.81. The van der Waals surface area contributed by atoms with Crippen LogP contribution in [0.25, 0.3) is 5.57 Å². The molecule has 0 bridgehead atoms. The molecule has 0 radical (unpaired) electrons. The highest BCUT2D eigenvalue weighted by Gasteiger charge is 2.38. The molecule has 0 spiro atoms. The smallest absolute Gasteiger partial charge is 0.338 e. The van der Waals surface area contributed by atoms with Gasteiger partial charge in [-0.15, -0.1) is 0 Å². The van der Waals surface area contributed by atoms with Crippen molar-refractivity contribution in [3.63, 3.8) is 0 Å². The molecule has 9 nitrogen and oxygen atoms in total. The summed E-state index contributed by atoms with van der Waals surface area (Å²) in [6.07, 6.45) is 0. The minimum absolute atomic E-state index is 0.0936. The van der Waals surface area contributed by atoms with Crippen LogP contribution in [0.1, 0.15) is 44.9 Å². The third kappa shape index (κ3) is 3.51. The van der Waals surface area contributed by atoms with Gasteiger partial charge in [-0.1, -0.05) is 35.6 Å². The quantitative estimate of drug-likeness (QED) is 0.480. The first-order valence-corrected chi connectivity index (χ1v) is 13.2. The number of allylic oxidation sites excluding steroid dienone is 1. The lowest BCUT2D eigenvalue weighted by Crippen LogP contribution is -2.41. The molecule has 2 aromatic carbocycles. The van der Waals surface area contributed by atoms with Crippen LogP contribution in [0.3, 0.4) is 0 Å². The average Bonchev–Trinajstić information content (AvgIpc) is 3.56. The number of nitrogens with zero attached hydrogens (tertiary/aromatic N) is 3. The summed E-state index contributed by atoms with van der Waals surface area (Å²) in [6, 6.07) is 11.9. The van der Waals surface area contributed by atoms with E-state index in [4.69, 9.17) is 14.2 Å². The number of para-hydroxylation sites is 1. The summed E-state index contributed by atoms with van der Waals surface area (Å²) in [5, 5.41) is 0. The fourth-order valence-electron chi connectivity index (χ4n) is 5.21. The van der Waals surface area contributed by atoms with Gasteiger partial charge in [-0.05, 0) is 51.5 Å². The van der Waals surface area contributed by atoms with Gasteiger partial charge in [0.05, 0.1) is 35.2 Å². The molecular formula is C28H25N3O6S. The van der Waals surface area contributed by atoms with Crippen LogP contribution >= 0.6 is 11.3 Å². The van der Waals surface area contributed by atoms with E-state index in [-0.39, 0.29) is 35.5 Å². The lowest BCUT2D eigenvalue weighted by Gasteiger charge is -2.24. The number of esters is 1. The summed E-state index contributed by atoms with van der Waals surface area (Å²) < 4.78 is 18.2. The standard InChI is InChI=1S/C28H25N3O6S/c1-5-35-27(34)21-15(4)29-28-31(23(21)16-10-11-19-20(12-16)37-13-36-19)26(33)24(38-28)22-17-8-6-7-9-18(17)30(14(2)3)25(22)32/h6-12,14,23H,5,13H2,1-4H3/b24-22+/t23-/m1/s1. The number of hydrogen-bond acceptors (Lipinski definition) is 8. The Morgan fingerprint density at radius 2 is 1.92 bits per heavy atom. The highest BCUT2D eigenvalue weighted by molar-refractivity contribution is 7.07. The van der Waals surface area contributed by atoms with Gasteiger partial charge in [0, 0.05) is 11.6 Å². The van der Waals surface area contributed by atoms with Gasteiger partial charge in [0.25, 0.3) is 11.5 Å². The average molecular weight is 532 g/mol. The molecule has 0 saturated heterocycles. The molecular weight excluding hydrogens is 506 g/mol. The van der Waals surface area contributed by atoms with E-state index in [2.05, 4.69) is 4.99 Å². The van der Waals surface area contributed by atoms with Crippen LogP contribution in [-0.2, 0) is 14.3 Å². The normalized spacial score (nSPS) is 19.0. The Morgan fingerprint density at radius 3 is 2.68 bits per heavy atom. The highest BCUT2D eigenvalue weighted by Crippen LogP contribution is 2.39. The van der Waals surface area contributed by atoms with E-state index >= 15 is 0 Å². The second-order valence-electron chi connectivity index (χ2n) is 9.40. The number of carbonyl (C=O) groups is 2. The highest BCUT2D eigenvalue weighted by atomic mass is 32.1. The van der Waals surface area contributed by atoms with Crippen LogP contribution in [0, 0.1) is 0 Å². The fourth-order valence-corrected chi connectivity index (χ4v) is 6.35. The van der Waals surface area contributed by atoms with Gasteiger partial charge < -0.3 is 19.1 Å². The first-order chi connectivity index (χ1) is 18.3. The van der Waals surface area contributed by atoms with Gasteiger partial charge >= 0.3 is 5.97 Å². The van der Waals surface area contributed by atoms with Crippen LogP contribution < -0.4 is 29.3 Å². The number of amides is 1. The van der Waals surface area contributed by atoms with Crippen molar-refractivity contribution in [1.82, 2.24) is 4.57 Å². The van der Waals surface area contributed by atoms with Crippen LogP contribution in [0.4, 0.5) is 5.69 Å². The van der Waals surface area contributed by atoms with Crippen molar-refractivity contribution >= 4 is 34.5 Å². The lowest BCUT2D eigenvalue weighted by molar-refractivity contribution is -0.139. The van der Waals surface area contributed by atoms with Gasteiger partial charge in [0.15, 0.2) is 16.3 Å². The maximum Gasteiger partial charge on any atom is 0.338 e. The number of aromatic nitrogens is 1. The number of thiazole rings is 1. The molecule has 38 heavy (non-hydrogen) atoms. The molecule has 194 valence electrons. The van der Waals surface area contributed by atoms with E-state index in [1.807, 2.05) is 38.1 Å². The maximum atomic E-state index is 14.2. The molecule has 1 aromatic heterocycles. The molecule has 3 aliphatic rings. The maximum absolute atomic E-state index is 14.2. The molecule has 0 aliphatic carbocycles. The first kappa shape index (κ1) is 24.2. The molecule has 0 unspecified atom stereocenters. The van der Waals surface area contributed by atoms with Crippen molar-refractivity contribution in [1.29, 1.82) is 0 Å². The summed E-state index contributed by atoms with van der Waals surface area (Å²) >= 11 is 1.15. The molecule has 0 fully saturated rings. The molecule has 10 heteroatoms. The first-order valence-electron chi connectivity index (χ1n) is 12.4. The minimum Gasteiger partial charge on any atom is -0.463 e. The third-order valence-corrected chi connectivity index (χ3v) is 7.87. The summed E-state index contributed by atoms with van der Waals surface area (Å²) in [5.74, 6) is 0.330. The Balaban J connectivity index is 1.64. The Hall–Kier alpha value is -4.18. The molecule has 0 N–H and O–H groups in total. The van der Waals surface area contributed by atoms with E-state index < -0.39 is 17.6 Å². The summed E-state index contributed by atoms with van der Waals surface area (Å²) in [5.41, 5.74) is 2.78. The number of fused-ring (bicyclic) bond motifs is 3. The molecule has 0 saturated carbocycles. The van der Waals surface area contributed by atoms with E-state index in [0.717, 1.165) is 17.0 Å². The number of anilines is 1. The summed E-state index contributed by atoms with van der Waals surface area (Å²) in [4.78, 5) is 47.8. The van der Waals surface area contributed by atoms with E-state index in [0.29, 0.717) is 38.7 Å². The molecule has 3 aliphatic heterocycles. The largest absolute Gasteiger partial charge is 0.463 e. The molecule has 4 heterocycles. The monoisotopic (exact) mass is 531 g/mol. The molecule has 3 aromatic rings. The van der Waals surface area contributed by atoms with Crippen molar-refractivity contribution in [3.05, 3.63) is 84.5 Å². The second kappa shape index (κ2) is 8.98. The Kier molecular flexibility index (Phi) is 5.71. The van der Waals surface area contributed by atoms with Gasteiger partial charge in [-0.25, -0.2) is 9.79 Å². The SMILES string of the molecule is CCOC(=O)C1=C(C)N=c2s/c(=C3/C(=O)N(C(C)C)c4ccccc43)c(=O)n2[C@@H]1c1ccc2c(c1)OCO2. The summed E-state index contributed by atoms with van der Waals surface area (Å²) in [7, 11) is 0. The van der Waals surface area contributed by atoms with Crippen LogP contribution in [0.15, 0.2) is 63.5 Å². The van der Waals surface area contributed by atoms with Crippen molar-refractivity contribution < 1.29 is 23.8 Å². The van der Waals surface area contributed by atoms with Crippen molar-refractivity contribution in [2.45, 2.75) is 39.8 Å². The van der Waals surface area contributed by atoms with Crippen molar-refractivity contribution in [2.24, 2.45) is 4.99 Å². The second-order valence-corrected chi connectivity index (χ2v) is 10.4. The molecule has 1 amide bonds. The number of carbonyl (C=O) groups excluding carboxylic acids is 2. The van der Waals surface area contributed by atoms with Gasteiger partial charge in [0.2, 0.25) is 6.79 Å². The van der Waals surface area contributed by atoms with Crippen LogP contribution in [0.2, 0.25) is 0 Å². The Labute approximate surface area is 221 Å². The minimum atomic E-state index is -0.817. The fraction of sp³-hybridized carbons (Fsp3) is 0.286. The number of hydrogen-bond donors (Lipinski definition) is 0. The van der Waals surface area contributed by atoms with E-state index in [9.17, 15) is 14.4 Å². The Morgan fingerprint density at radius 1 is 1.16 bits per heavy atom. The zero-order valence-corrected chi connectivity index (χ0v) is 22.1. The zero-order chi connectivity index (χ0) is 26.7. The van der Waals surface area contributed by atoms with Gasteiger partial charge in [-0.2, -0.15) is 0 Å². The number of benzene rings is 2. The molecule has 6 rings (SSSR count). The number of rotatable bonds is 4. The van der Waals surface area contributed by atoms with Gasteiger partial charge in [0.1, 0.15) is 4.53 Å².